The van der Waals surface area contributed by atoms with Gasteiger partial charge in [-0.3, -0.25) is 4.79 Å². The van der Waals surface area contributed by atoms with Crippen LogP contribution >= 0.6 is 0 Å². The van der Waals surface area contributed by atoms with Crippen molar-refractivity contribution in [3.8, 4) is 0 Å². The molecule has 0 aromatic heterocycles. The van der Waals surface area contributed by atoms with Crippen molar-refractivity contribution in [3.63, 3.8) is 0 Å². The van der Waals surface area contributed by atoms with Crippen molar-refractivity contribution in [2.75, 3.05) is 5.32 Å². The van der Waals surface area contributed by atoms with Crippen molar-refractivity contribution in [1.29, 1.82) is 0 Å². The van der Waals surface area contributed by atoms with Crippen LogP contribution in [0.25, 0.3) is 0 Å². The van der Waals surface area contributed by atoms with E-state index >= 15 is 0 Å². The van der Waals surface area contributed by atoms with E-state index in [-0.39, 0.29) is 11.8 Å². The normalized spacial score (nSPS) is 12.2. The summed E-state index contributed by atoms with van der Waals surface area (Å²) in [5.41, 5.74) is 8.54. The summed E-state index contributed by atoms with van der Waals surface area (Å²) in [6, 6.07) is 5.90. The molecule has 0 aliphatic heterocycles. The number of hydrogen-bond acceptors (Lipinski definition) is 2. The van der Waals surface area contributed by atoms with Crippen LogP contribution in [0, 0.1) is 12.8 Å². The lowest BCUT2D eigenvalue weighted by Gasteiger charge is -2.13. The van der Waals surface area contributed by atoms with E-state index in [0.717, 1.165) is 23.2 Å². The van der Waals surface area contributed by atoms with Crippen LogP contribution in [0.2, 0.25) is 0 Å². The lowest BCUT2D eigenvalue weighted by molar-refractivity contribution is -0.119. The molecule has 1 rings (SSSR count). The van der Waals surface area contributed by atoms with Crippen LogP contribution in [0.3, 0.4) is 0 Å². The minimum atomic E-state index is 0.0425. The monoisotopic (exact) mass is 220 g/mol. The lowest BCUT2D eigenvalue weighted by Crippen LogP contribution is -2.20. The smallest absolute Gasteiger partial charge is 0.227 e. The first-order chi connectivity index (χ1) is 7.58. The van der Waals surface area contributed by atoms with Gasteiger partial charge in [0.25, 0.3) is 0 Å². The molecule has 88 valence electrons. The third-order valence-electron chi connectivity index (χ3n) is 2.86. The predicted octanol–water partition coefficient (Wildman–Crippen LogP) is 2.44. The van der Waals surface area contributed by atoms with Gasteiger partial charge in [-0.05, 0) is 30.5 Å². The molecule has 1 atom stereocenters. The van der Waals surface area contributed by atoms with Crippen LogP contribution in [0.15, 0.2) is 18.2 Å². The van der Waals surface area contributed by atoms with E-state index in [2.05, 4.69) is 5.32 Å². The highest BCUT2D eigenvalue weighted by atomic mass is 16.1. The maximum absolute atomic E-state index is 11.8. The SMILES string of the molecule is CCC(C)C(=O)Nc1cc(CN)ccc1C. The van der Waals surface area contributed by atoms with Gasteiger partial charge in [-0.25, -0.2) is 0 Å². The molecule has 3 N–H and O–H groups in total. The summed E-state index contributed by atoms with van der Waals surface area (Å²) in [4.78, 5) is 11.8. The van der Waals surface area contributed by atoms with Gasteiger partial charge in [-0.1, -0.05) is 26.0 Å². The molecular formula is C13H20N2O. The van der Waals surface area contributed by atoms with Gasteiger partial charge in [0, 0.05) is 18.2 Å². The maximum atomic E-state index is 11.8. The van der Waals surface area contributed by atoms with E-state index in [0.29, 0.717) is 6.54 Å². The van der Waals surface area contributed by atoms with Gasteiger partial charge in [-0.15, -0.1) is 0 Å². The second-order valence-electron chi connectivity index (χ2n) is 4.15. The van der Waals surface area contributed by atoms with Crippen LogP contribution in [0.5, 0.6) is 0 Å². The number of aryl methyl sites for hydroxylation is 1. The largest absolute Gasteiger partial charge is 0.326 e. The van der Waals surface area contributed by atoms with Gasteiger partial charge in [0.15, 0.2) is 0 Å². The van der Waals surface area contributed by atoms with E-state index in [1.54, 1.807) is 0 Å². The Hall–Kier alpha value is -1.35. The topological polar surface area (TPSA) is 55.1 Å². The molecule has 0 radical (unpaired) electrons. The molecule has 3 nitrogen and oxygen atoms in total. The molecule has 1 amide bonds. The first-order valence-corrected chi connectivity index (χ1v) is 5.69. The number of anilines is 1. The number of nitrogens with one attached hydrogen (secondary N) is 1. The quantitative estimate of drug-likeness (QED) is 0.818. The zero-order chi connectivity index (χ0) is 12.1. The average Bonchev–Trinajstić information content (AvgIpc) is 2.30. The highest BCUT2D eigenvalue weighted by Crippen LogP contribution is 2.18. The third-order valence-corrected chi connectivity index (χ3v) is 2.86. The van der Waals surface area contributed by atoms with Crippen molar-refractivity contribution in [2.24, 2.45) is 11.7 Å². The first kappa shape index (κ1) is 12.7. The summed E-state index contributed by atoms with van der Waals surface area (Å²) in [6.07, 6.45) is 0.849. The number of nitrogens with two attached hydrogens (primary N) is 1. The molecule has 0 bridgehead atoms. The van der Waals surface area contributed by atoms with Gasteiger partial charge in [0.1, 0.15) is 0 Å². The van der Waals surface area contributed by atoms with Crippen LogP contribution in [0.1, 0.15) is 31.4 Å². The summed E-state index contributed by atoms with van der Waals surface area (Å²) < 4.78 is 0. The minimum absolute atomic E-state index is 0.0425. The number of carbonyl (C=O) groups is 1. The number of rotatable bonds is 4. The minimum Gasteiger partial charge on any atom is -0.326 e. The van der Waals surface area contributed by atoms with Gasteiger partial charge in [-0.2, -0.15) is 0 Å². The molecule has 1 aromatic carbocycles. The van der Waals surface area contributed by atoms with Crippen LogP contribution < -0.4 is 11.1 Å². The summed E-state index contributed by atoms with van der Waals surface area (Å²) in [5, 5.41) is 2.94. The highest BCUT2D eigenvalue weighted by molar-refractivity contribution is 5.93. The Morgan fingerprint density at radius 1 is 1.50 bits per heavy atom. The second-order valence-corrected chi connectivity index (χ2v) is 4.15. The number of hydrogen-bond donors (Lipinski definition) is 2. The lowest BCUT2D eigenvalue weighted by atomic mass is 10.1. The molecule has 0 saturated heterocycles. The Labute approximate surface area is 97.0 Å². The molecule has 1 aromatic rings. The summed E-state index contributed by atoms with van der Waals surface area (Å²) in [5.74, 6) is 0.112. The summed E-state index contributed by atoms with van der Waals surface area (Å²) in [7, 11) is 0. The highest BCUT2D eigenvalue weighted by Gasteiger charge is 2.11. The van der Waals surface area contributed by atoms with Gasteiger partial charge in [0.05, 0.1) is 0 Å². The zero-order valence-corrected chi connectivity index (χ0v) is 10.2. The molecule has 0 heterocycles. The van der Waals surface area contributed by atoms with Crippen molar-refractivity contribution in [1.82, 2.24) is 0 Å². The number of benzene rings is 1. The molecule has 0 saturated carbocycles. The average molecular weight is 220 g/mol. The second kappa shape index (κ2) is 5.66. The van der Waals surface area contributed by atoms with Crippen LogP contribution in [-0.2, 0) is 11.3 Å². The Kier molecular flexibility index (Phi) is 4.50. The van der Waals surface area contributed by atoms with Gasteiger partial charge < -0.3 is 11.1 Å². The van der Waals surface area contributed by atoms with E-state index in [1.165, 1.54) is 0 Å². The van der Waals surface area contributed by atoms with Crippen molar-refractivity contribution >= 4 is 11.6 Å². The van der Waals surface area contributed by atoms with Crippen molar-refractivity contribution in [2.45, 2.75) is 33.7 Å². The standard InChI is InChI=1S/C13H20N2O/c1-4-9(2)13(16)15-12-7-11(8-14)6-5-10(12)3/h5-7,9H,4,8,14H2,1-3H3,(H,15,16). The van der Waals surface area contributed by atoms with Crippen molar-refractivity contribution < 1.29 is 4.79 Å². The third kappa shape index (κ3) is 3.07. The molecule has 3 heteroatoms. The van der Waals surface area contributed by atoms with E-state index < -0.39 is 0 Å². The maximum Gasteiger partial charge on any atom is 0.227 e. The fraction of sp³-hybridized carbons (Fsp3) is 0.462. The summed E-state index contributed by atoms with van der Waals surface area (Å²) >= 11 is 0. The fourth-order valence-electron chi connectivity index (χ4n) is 1.37. The molecule has 16 heavy (non-hydrogen) atoms. The van der Waals surface area contributed by atoms with E-state index in [9.17, 15) is 4.79 Å². The first-order valence-electron chi connectivity index (χ1n) is 5.69. The Morgan fingerprint density at radius 3 is 2.75 bits per heavy atom. The van der Waals surface area contributed by atoms with E-state index in [4.69, 9.17) is 5.73 Å². The van der Waals surface area contributed by atoms with Crippen LogP contribution in [-0.4, -0.2) is 5.91 Å². The fourth-order valence-corrected chi connectivity index (χ4v) is 1.37. The van der Waals surface area contributed by atoms with E-state index in [1.807, 2.05) is 39.0 Å². The Bertz CT molecular complexity index is 374. The predicted molar refractivity (Wildman–Crippen MR) is 67.2 cm³/mol. The Morgan fingerprint density at radius 2 is 2.19 bits per heavy atom. The Balaban J connectivity index is 2.83. The van der Waals surface area contributed by atoms with Gasteiger partial charge in [0.2, 0.25) is 5.91 Å². The number of carbonyl (C=O) groups excluding carboxylic acids is 1. The number of amides is 1. The van der Waals surface area contributed by atoms with Crippen LogP contribution in [0.4, 0.5) is 5.69 Å². The zero-order valence-electron chi connectivity index (χ0n) is 10.2. The van der Waals surface area contributed by atoms with Gasteiger partial charge >= 0.3 is 0 Å². The molecule has 0 spiro atoms. The molecule has 0 aliphatic rings. The summed E-state index contributed by atoms with van der Waals surface area (Å²) in [6.45, 7) is 6.41. The molecule has 1 unspecified atom stereocenters. The molecule has 0 fully saturated rings. The van der Waals surface area contributed by atoms with Crippen molar-refractivity contribution in [3.05, 3.63) is 29.3 Å². The molecule has 0 aliphatic carbocycles. The molecular weight excluding hydrogens is 200 g/mol.